The van der Waals surface area contributed by atoms with Gasteiger partial charge in [-0.2, -0.15) is 4.80 Å². The number of aromatic nitrogens is 5. The van der Waals surface area contributed by atoms with E-state index in [2.05, 4.69) is 47.2 Å². The Morgan fingerprint density at radius 2 is 1.85 bits per heavy atom. The standard InChI is InChI=1S/C15H23N5/c1-5-7-15(3,8-6-2)13-9-12(10-16-11-13)14-17-19-20(4)18-14/h9-11H,5-8H2,1-4H3. The van der Waals surface area contributed by atoms with Gasteiger partial charge in [0.05, 0.1) is 7.05 Å². The zero-order valence-electron chi connectivity index (χ0n) is 12.8. The van der Waals surface area contributed by atoms with Crippen LogP contribution in [0.3, 0.4) is 0 Å². The largest absolute Gasteiger partial charge is 0.264 e. The third-order valence-electron chi connectivity index (χ3n) is 3.81. The van der Waals surface area contributed by atoms with Crippen LogP contribution in [0.25, 0.3) is 11.4 Å². The summed E-state index contributed by atoms with van der Waals surface area (Å²) in [6.45, 7) is 6.79. The number of hydrogen-bond acceptors (Lipinski definition) is 4. The van der Waals surface area contributed by atoms with Crippen LogP contribution in [-0.4, -0.2) is 25.2 Å². The van der Waals surface area contributed by atoms with Crippen molar-refractivity contribution >= 4 is 0 Å². The van der Waals surface area contributed by atoms with E-state index in [1.54, 1.807) is 13.2 Å². The smallest absolute Gasteiger partial charge is 0.206 e. The van der Waals surface area contributed by atoms with E-state index in [0.717, 1.165) is 5.56 Å². The van der Waals surface area contributed by atoms with E-state index in [1.165, 1.54) is 36.0 Å². The number of aryl methyl sites for hydroxylation is 1. The topological polar surface area (TPSA) is 56.5 Å². The fourth-order valence-corrected chi connectivity index (χ4v) is 2.81. The second-order valence-electron chi connectivity index (χ2n) is 5.63. The van der Waals surface area contributed by atoms with Gasteiger partial charge in [-0.3, -0.25) is 4.98 Å². The van der Waals surface area contributed by atoms with Gasteiger partial charge in [-0.05, 0) is 35.1 Å². The Bertz CT molecular complexity index is 555. The van der Waals surface area contributed by atoms with Gasteiger partial charge >= 0.3 is 0 Å². The Kier molecular flexibility index (Phi) is 4.47. The van der Waals surface area contributed by atoms with Crippen LogP contribution in [0, 0.1) is 0 Å². The average Bonchev–Trinajstić information content (AvgIpc) is 2.86. The van der Waals surface area contributed by atoms with Crippen molar-refractivity contribution in [1.82, 2.24) is 25.2 Å². The third-order valence-corrected chi connectivity index (χ3v) is 3.81. The fraction of sp³-hybridized carbons (Fsp3) is 0.600. The van der Waals surface area contributed by atoms with E-state index >= 15 is 0 Å². The van der Waals surface area contributed by atoms with E-state index in [9.17, 15) is 0 Å². The molecule has 2 rings (SSSR count). The minimum absolute atomic E-state index is 0.175. The highest BCUT2D eigenvalue weighted by Crippen LogP contribution is 2.34. The van der Waals surface area contributed by atoms with Crippen molar-refractivity contribution in [3.63, 3.8) is 0 Å². The molecule has 2 aromatic heterocycles. The summed E-state index contributed by atoms with van der Waals surface area (Å²) >= 11 is 0. The molecule has 5 nitrogen and oxygen atoms in total. The Labute approximate surface area is 120 Å². The van der Waals surface area contributed by atoms with Crippen molar-refractivity contribution < 1.29 is 0 Å². The lowest BCUT2D eigenvalue weighted by Gasteiger charge is -2.29. The summed E-state index contributed by atoms with van der Waals surface area (Å²) in [5, 5.41) is 12.2. The Morgan fingerprint density at radius 3 is 2.40 bits per heavy atom. The van der Waals surface area contributed by atoms with Crippen molar-refractivity contribution in [2.24, 2.45) is 7.05 Å². The maximum absolute atomic E-state index is 4.38. The summed E-state index contributed by atoms with van der Waals surface area (Å²) in [4.78, 5) is 5.86. The molecule has 0 N–H and O–H groups in total. The molecular formula is C15H23N5. The second kappa shape index (κ2) is 6.11. The molecule has 0 radical (unpaired) electrons. The molecule has 0 saturated carbocycles. The molecule has 0 saturated heterocycles. The third kappa shape index (κ3) is 3.03. The van der Waals surface area contributed by atoms with Gasteiger partial charge in [0.15, 0.2) is 0 Å². The molecule has 0 aromatic carbocycles. The van der Waals surface area contributed by atoms with Crippen LogP contribution in [0.4, 0.5) is 0 Å². The van der Waals surface area contributed by atoms with Crippen LogP contribution >= 0.6 is 0 Å². The van der Waals surface area contributed by atoms with E-state index in [-0.39, 0.29) is 5.41 Å². The van der Waals surface area contributed by atoms with Crippen molar-refractivity contribution in [3.05, 3.63) is 24.0 Å². The molecule has 108 valence electrons. The van der Waals surface area contributed by atoms with Crippen LogP contribution in [0.1, 0.15) is 52.0 Å². The molecule has 0 fully saturated rings. The van der Waals surface area contributed by atoms with Gasteiger partial charge in [-0.1, -0.05) is 33.6 Å². The molecule has 20 heavy (non-hydrogen) atoms. The van der Waals surface area contributed by atoms with Crippen LogP contribution in [-0.2, 0) is 12.5 Å². The van der Waals surface area contributed by atoms with E-state index < -0.39 is 0 Å². The monoisotopic (exact) mass is 273 g/mol. The van der Waals surface area contributed by atoms with Gasteiger partial charge in [0.2, 0.25) is 5.82 Å². The summed E-state index contributed by atoms with van der Waals surface area (Å²) in [5.74, 6) is 0.636. The first-order valence-electron chi connectivity index (χ1n) is 7.29. The molecule has 0 aliphatic rings. The molecule has 0 aliphatic carbocycles. The highest BCUT2D eigenvalue weighted by atomic mass is 15.6. The molecule has 0 spiro atoms. The van der Waals surface area contributed by atoms with Gasteiger partial charge < -0.3 is 0 Å². The molecule has 0 unspecified atom stereocenters. The fourth-order valence-electron chi connectivity index (χ4n) is 2.81. The minimum atomic E-state index is 0.175. The predicted molar refractivity (Wildman–Crippen MR) is 79.2 cm³/mol. The van der Waals surface area contributed by atoms with Gasteiger partial charge in [-0.25, -0.2) is 0 Å². The summed E-state index contributed by atoms with van der Waals surface area (Å²) in [6, 6.07) is 2.16. The Morgan fingerprint density at radius 1 is 1.15 bits per heavy atom. The van der Waals surface area contributed by atoms with Crippen LogP contribution in [0.15, 0.2) is 18.5 Å². The lowest BCUT2D eigenvalue weighted by atomic mass is 9.75. The Balaban J connectivity index is 2.37. The normalized spacial score (nSPS) is 11.8. The molecule has 0 bridgehead atoms. The maximum atomic E-state index is 4.38. The Hall–Kier alpha value is -1.78. The first-order chi connectivity index (χ1) is 9.59. The number of hydrogen-bond donors (Lipinski definition) is 0. The van der Waals surface area contributed by atoms with Crippen LogP contribution in [0.2, 0.25) is 0 Å². The van der Waals surface area contributed by atoms with Crippen molar-refractivity contribution in [2.75, 3.05) is 0 Å². The summed E-state index contributed by atoms with van der Waals surface area (Å²) < 4.78 is 0. The van der Waals surface area contributed by atoms with E-state index in [0.29, 0.717) is 5.82 Å². The lowest BCUT2D eigenvalue weighted by molar-refractivity contribution is 0.391. The molecular weight excluding hydrogens is 250 g/mol. The molecule has 5 heteroatoms. The number of tetrazole rings is 1. The minimum Gasteiger partial charge on any atom is -0.264 e. The second-order valence-corrected chi connectivity index (χ2v) is 5.63. The number of nitrogens with zero attached hydrogens (tertiary/aromatic N) is 5. The molecule has 0 aliphatic heterocycles. The molecule has 0 atom stereocenters. The SMILES string of the molecule is CCCC(C)(CCC)c1cncc(-c2nnn(C)n2)c1. The molecule has 0 amide bonds. The highest BCUT2D eigenvalue weighted by molar-refractivity contribution is 5.54. The average molecular weight is 273 g/mol. The van der Waals surface area contributed by atoms with Crippen molar-refractivity contribution in [3.8, 4) is 11.4 Å². The molecule has 2 aromatic rings. The summed E-state index contributed by atoms with van der Waals surface area (Å²) in [7, 11) is 1.77. The number of pyridine rings is 1. The first-order valence-corrected chi connectivity index (χ1v) is 7.29. The van der Waals surface area contributed by atoms with Gasteiger partial charge in [0.25, 0.3) is 0 Å². The lowest BCUT2D eigenvalue weighted by Crippen LogP contribution is -2.21. The first kappa shape index (κ1) is 14.6. The van der Waals surface area contributed by atoms with Crippen molar-refractivity contribution in [2.45, 2.75) is 51.9 Å². The van der Waals surface area contributed by atoms with Gasteiger partial charge in [-0.15, -0.1) is 10.2 Å². The van der Waals surface area contributed by atoms with Crippen LogP contribution in [0.5, 0.6) is 0 Å². The summed E-state index contributed by atoms with van der Waals surface area (Å²) in [6.07, 6.45) is 8.46. The zero-order chi connectivity index (χ0) is 14.6. The molecule has 2 heterocycles. The predicted octanol–water partition coefficient (Wildman–Crippen LogP) is 3.13. The zero-order valence-corrected chi connectivity index (χ0v) is 12.8. The van der Waals surface area contributed by atoms with Gasteiger partial charge in [0.1, 0.15) is 0 Å². The summed E-state index contributed by atoms with van der Waals surface area (Å²) in [5.41, 5.74) is 2.38. The van der Waals surface area contributed by atoms with Gasteiger partial charge in [0, 0.05) is 18.0 Å². The maximum Gasteiger partial charge on any atom is 0.206 e. The highest BCUT2D eigenvalue weighted by Gasteiger charge is 2.25. The van der Waals surface area contributed by atoms with E-state index in [4.69, 9.17) is 0 Å². The van der Waals surface area contributed by atoms with E-state index in [1.807, 2.05) is 6.20 Å². The van der Waals surface area contributed by atoms with Crippen molar-refractivity contribution in [1.29, 1.82) is 0 Å². The quantitative estimate of drug-likeness (QED) is 0.811. The number of rotatable bonds is 6. The van der Waals surface area contributed by atoms with Crippen LogP contribution < -0.4 is 0 Å².